The van der Waals surface area contributed by atoms with E-state index >= 15 is 0 Å². The van der Waals surface area contributed by atoms with Crippen molar-refractivity contribution in [3.8, 4) is 11.1 Å². The zero-order valence-electron chi connectivity index (χ0n) is 15.9. The van der Waals surface area contributed by atoms with Crippen LogP contribution in [0.3, 0.4) is 0 Å². The largest absolute Gasteiger partial charge is 0.481 e. The number of fused-ring (bicyclic) bond motifs is 5. The summed E-state index contributed by atoms with van der Waals surface area (Å²) in [6.45, 7) is 0. The number of hydrogen-bond acceptors (Lipinski definition) is 2. The number of carboxylic acids is 1. The molecule has 10 heteroatoms. The number of allylic oxidation sites excluding steroid dienone is 2. The highest BCUT2D eigenvalue weighted by molar-refractivity contribution is 6.66. The number of carbonyl (C=O) groups excluding carboxylic acids is 1. The summed E-state index contributed by atoms with van der Waals surface area (Å²) in [5, 5.41) is 12.1. The molecule has 0 unspecified atom stereocenters. The number of alkyl halides is 4. The fourth-order valence-corrected chi connectivity index (χ4v) is 8.01. The minimum Gasteiger partial charge on any atom is -0.481 e. The van der Waals surface area contributed by atoms with Crippen LogP contribution in [-0.2, 0) is 16.0 Å². The first-order chi connectivity index (χ1) is 15.0. The van der Waals surface area contributed by atoms with Crippen molar-refractivity contribution in [1.29, 1.82) is 0 Å². The van der Waals surface area contributed by atoms with E-state index in [0.717, 1.165) is 23.1 Å². The molecule has 1 amide bonds. The minimum atomic E-state index is -2.14. The van der Waals surface area contributed by atoms with Crippen LogP contribution in [0.5, 0.6) is 0 Å². The lowest BCUT2D eigenvalue weighted by atomic mass is 9.81. The van der Waals surface area contributed by atoms with Crippen molar-refractivity contribution in [2.45, 2.75) is 20.5 Å². The molecule has 1 saturated carbocycles. The third-order valence-electron chi connectivity index (χ3n) is 6.55. The Morgan fingerprint density at radius 1 is 0.875 bits per heavy atom. The first-order valence-corrected chi connectivity index (χ1v) is 11.8. The maximum atomic E-state index is 13.4. The molecule has 0 spiro atoms. The van der Waals surface area contributed by atoms with E-state index in [9.17, 15) is 14.7 Å². The van der Waals surface area contributed by atoms with Crippen molar-refractivity contribution in [2.24, 2.45) is 11.8 Å². The van der Waals surface area contributed by atoms with Gasteiger partial charge in [-0.25, -0.2) is 0 Å². The van der Waals surface area contributed by atoms with Gasteiger partial charge in [-0.3, -0.25) is 9.59 Å². The van der Waals surface area contributed by atoms with Crippen LogP contribution >= 0.6 is 69.6 Å². The smallest absolute Gasteiger partial charge is 0.309 e. The molecule has 2 aromatic rings. The maximum absolute atomic E-state index is 13.4. The quantitative estimate of drug-likeness (QED) is 0.372. The van der Waals surface area contributed by atoms with E-state index < -0.39 is 37.8 Å². The molecule has 0 radical (unpaired) electrons. The number of amides is 1. The Hall–Kier alpha value is -1.14. The summed E-state index contributed by atoms with van der Waals surface area (Å²) in [4.78, 5) is 21.4. The third-order valence-corrected chi connectivity index (χ3v) is 10.8. The van der Waals surface area contributed by atoms with Crippen LogP contribution < -0.4 is 5.32 Å². The van der Waals surface area contributed by atoms with Crippen molar-refractivity contribution < 1.29 is 14.7 Å². The fraction of sp³-hybridized carbons (Fsp3) is 0.273. The molecule has 0 heterocycles. The van der Waals surface area contributed by atoms with Gasteiger partial charge in [0.05, 0.1) is 21.9 Å². The molecule has 2 N–H and O–H groups in total. The van der Waals surface area contributed by atoms with Crippen LogP contribution in [0.15, 0.2) is 52.5 Å². The van der Waals surface area contributed by atoms with Gasteiger partial charge in [0.2, 0.25) is 5.91 Å². The molecule has 1 fully saturated rings. The summed E-state index contributed by atoms with van der Waals surface area (Å²) in [6, 6.07) is 13.5. The Morgan fingerprint density at radius 2 is 1.47 bits per heavy atom. The third kappa shape index (κ3) is 2.60. The van der Waals surface area contributed by atoms with Crippen LogP contribution in [0.2, 0.25) is 0 Å². The van der Waals surface area contributed by atoms with Crippen LogP contribution in [-0.4, -0.2) is 31.1 Å². The van der Waals surface area contributed by atoms with Crippen molar-refractivity contribution in [3.63, 3.8) is 0 Å². The van der Waals surface area contributed by atoms with Gasteiger partial charge in [-0.1, -0.05) is 76.7 Å². The molecule has 0 aliphatic heterocycles. The Balaban J connectivity index is 1.52. The number of halogens is 6. The molecular formula is C22H13Cl6NO3. The lowest BCUT2D eigenvalue weighted by Gasteiger charge is -2.33. The monoisotopic (exact) mass is 549 g/mol. The number of nitrogens with one attached hydrogen (secondary N) is 1. The van der Waals surface area contributed by atoms with E-state index in [0.29, 0.717) is 5.69 Å². The van der Waals surface area contributed by atoms with Gasteiger partial charge in [0.25, 0.3) is 0 Å². The highest BCUT2D eigenvalue weighted by Gasteiger charge is 2.85. The van der Waals surface area contributed by atoms with E-state index in [2.05, 4.69) is 11.4 Å². The molecule has 3 aliphatic rings. The second-order valence-electron chi connectivity index (χ2n) is 8.11. The van der Waals surface area contributed by atoms with Gasteiger partial charge >= 0.3 is 5.97 Å². The van der Waals surface area contributed by atoms with E-state index in [1.807, 2.05) is 30.3 Å². The Labute approximate surface area is 213 Å². The Bertz CT molecular complexity index is 1240. The number of benzene rings is 2. The number of aliphatic carboxylic acids is 1. The van der Waals surface area contributed by atoms with Gasteiger partial charge in [-0.05, 0) is 40.8 Å². The average Bonchev–Trinajstić information content (AvgIpc) is 3.20. The predicted octanol–water partition coefficient (Wildman–Crippen LogP) is 6.36. The average molecular weight is 552 g/mol. The topological polar surface area (TPSA) is 66.4 Å². The second kappa shape index (κ2) is 7.18. The van der Waals surface area contributed by atoms with Gasteiger partial charge in [-0.2, -0.15) is 0 Å². The number of anilines is 1. The summed E-state index contributed by atoms with van der Waals surface area (Å²) >= 11 is 38.7. The molecule has 2 bridgehead atoms. The fourth-order valence-electron chi connectivity index (χ4n) is 5.07. The van der Waals surface area contributed by atoms with Crippen LogP contribution in [0.1, 0.15) is 11.1 Å². The first-order valence-electron chi connectivity index (χ1n) is 9.53. The van der Waals surface area contributed by atoms with Crippen molar-refractivity contribution in [1.82, 2.24) is 0 Å². The van der Waals surface area contributed by atoms with Crippen molar-refractivity contribution in [3.05, 3.63) is 63.7 Å². The zero-order valence-corrected chi connectivity index (χ0v) is 20.5. The van der Waals surface area contributed by atoms with Crippen LogP contribution in [0.4, 0.5) is 5.69 Å². The van der Waals surface area contributed by atoms with Gasteiger partial charge in [-0.15, -0.1) is 23.2 Å². The van der Waals surface area contributed by atoms with E-state index in [-0.39, 0.29) is 10.1 Å². The molecule has 3 aliphatic carbocycles. The second-order valence-corrected chi connectivity index (χ2v) is 11.4. The molecule has 2 aromatic carbocycles. The van der Waals surface area contributed by atoms with Gasteiger partial charge in [0, 0.05) is 5.69 Å². The summed E-state index contributed by atoms with van der Waals surface area (Å²) in [5.41, 5.74) is 4.91. The molecule has 0 saturated heterocycles. The maximum Gasteiger partial charge on any atom is 0.309 e. The molecule has 4 atom stereocenters. The van der Waals surface area contributed by atoms with Crippen molar-refractivity contribution >= 4 is 87.2 Å². The van der Waals surface area contributed by atoms with Crippen LogP contribution in [0.25, 0.3) is 11.1 Å². The van der Waals surface area contributed by atoms with Crippen molar-refractivity contribution in [2.75, 3.05) is 5.32 Å². The van der Waals surface area contributed by atoms with E-state index in [1.54, 1.807) is 6.07 Å². The molecule has 5 rings (SSSR count). The summed E-state index contributed by atoms with van der Waals surface area (Å²) in [6.07, 6.45) is 0.720. The van der Waals surface area contributed by atoms with Gasteiger partial charge in [0.15, 0.2) is 4.33 Å². The lowest BCUT2D eigenvalue weighted by molar-refractivity contribution is -0.146. The summed E-state index contributed by atoms with van der Waals surface area (Å²) < 4.78 is -2.14. The highest BCUT2D eigenvalue weighted by atomic mass is 35.5. The Kier molecular flexibility index (Phi) is 5.08. The number of carboxylic acid groups (broad SMARTS) is 1. The molecular weight excluding hydrogens is 539 g/mol. The normalized spacial score (nSPS) is 31.4. The lowest BCUT2D eigenvalue weighted by Crippen LogP contribution is -2.47. The minimum absolute atomic E-state index is 0.233. The highest BCUT2D eigenvalue weighted by Crippen LogP contribution is 2.76. The van der Waals surface area contributed by atoms with Gasteiger partial charge < -0.3 is 10.4 Å². The van der Waals surface area contributed by atoms with E-state index in [1.165, 1.54) is 5.56 Å². The first kappa shape index (κ1) is 22.6. The number of rotatable bonds is 3. The molecule has 4 nitrogen and oxygen atoms in total. The number of carbonyl (C=O) groups is 2. The summed E-state index contributed by atoms with van der Waals surface area (Å²) in [5.74, 6) is -5.22. The standard InChI is InChI=1S/C22H13Cl6NO3/c23-16-17(24)21(26)15(19(31)32)14(20(16,25)22(21,27)28)18(30)29-11-5-6-13-10(8-11)7-9-3-1-2-4-12(9)13/h1-6,8,14-15H,7H2,(H,29,30)(H,31,32)/t14-,15-,20-,21-/m0/s1. The SMILES string of the molecule is O=C(O)[C@@H]1[C@@H](C(=O)Nc2ccc3c(c2)Cc2ccccc2-3)[C@]2(Cl)C(Cl)=C(Cl)[C@]1(Cl)C2(Cl)Cl. The molecule has 0 aromatic heterocycles. The van der Waals surface area contributed by atoms with E-state index in [4.69, 9.17) is 69.6 Å². The Morgan fingerprint density at radius 3 is 2.12 bits per heavy atom. The summed E-state index contributed by atoms with van der Waals surface area (Å²) in [7, 11) is 0. The molecule has 166 valence electrons. The van der Waals surface area contributed by atoms with Crippen LogP contribution in [0, 0.1) is 11.8 Å². The molecule has 32 heavy (non-hydrogen) atoms. The number of hydrogen-bond donors (Lipinski definition) is 2. The zero-order chi connectivity index (χ0) is 23.2. The van der Waals surface area contributed by atoms with Gasteiger partial charge in [0.1, 0.15) is 9.75 Å². The predicted molar refractivity (Wildman–Crippen MR) is 128 cm³/mol.